The van der Waals surface area contributed by atoms with Crippen molar-refractivity contribution in [3.8, 4) is 11.5 Å². The molecule has 0 radical (unpaired) electrons. The molecule has 0 unspecified atom stereocenters. The number of hydrogen-bond donors (Lipinski definition) is 1. The largest absolute Gasteiger partial charge is 0.419 e. The highest BCUT2D eigenvalue weighted by molar-refractivity contribution is 5.93. The maximum absolute atomic E-state index is 13.1. The first-order valence-electron chi connectivity index (χ1n) is 11.0. The fourth-order valence-electron chi connectivity index (χ4n) is 3.91. The molecule has 1 N–H and O–H groups in total. The highest BCUT2D eigenvalue weighted by atomic mass is 19.4. The average molecular weight is 473 g/mol. The summed E-state index contributed by atoms with van der Waals surface area (Å²) in [6.45, 7) is 6.53. The lowest BCUT2D eigenvalue weighted by atomic mass is 10.1. The van der Waals surface area contributed by atoms with E-state index in [1.165, 1.54) is 18.2 Å². The van der Waals surface area contributed by atoms with Crippen LogP contribution in [0.4, 0.5) is 18.9 Å². The number of nitrogens with one attached hydrogen (secondary N) is 1. The first kappa shape index (κ1) is 23.9. The molecule has 1 fully saturated rings. The molecule has 10 heteroatoms. The predicted molar refractivity (Wildman–Crippen MR) is 121 cm³/mol. The Balaban J connectivity index is 1.30. The lowest BCUT2D eigenvalue weighted by Crippen LogP contribution is -2.49. The van der Waals surface area contributed by atoms with Crippen LogP contribution < -0.4 is 5.32 Å². The Hall–Kier alpha value is -3.24. The van der Waals surface area contributed by atoms with Crippen molar-refractivity contribution < 1.29 is 22.4 Å². The number of alkyl halides is 3. The molecule has 0 bridgehead atoms. The van der Waals surface area contributed by atoms with E-state index in [-0.39, 0.29) is 18.3 Å². The van der Waals surface area contributed by atoms with E-state index in [4.69, 9.17) is 4.42 Å². The Bertz CT molecular complexity index is 1120. The van der Waals surface area contributed by atoms with E-state index in [1.807, 2.05) is 43.0 Å². The molecule has 1 saturated heterocycles. The zero-order chi connectivity index (χ0) is 24.3. The number of benzene rings is 2. The van der Waals surface area contributed by atoms with Gasteiger partial charge in [0, 0.05) is 31.7 Å². The van der Waals surface area contributed by atoms with E-state index in [1.54, 1.807) is 0 Å². The summed E-state index contributed by atoms with van der Waals surface area (Å²) in [5.74, 6) is 0.514. The third-order valence-corrected chi connectivity index (χ3v) is 5.92. The molecule has 1 amide bonds. The zero-order valence-electron chi connectivity index (χ0n) is 19.0. The van der Waals surface area contributed by atoms with Gasteiger partial charge in [-0.1, -0.05) is 29.8 Å². The van der Waals surface area contributed by atoms with Gasteiger partial charge < -0.3 is 9.73 Å². The van der Waals surface area contributed by atoms with Crippen LogP contribution in [0, 0.1) is 6.92 Å². The molecule has 34 heavy (non-hydrogen) atoms. The number of nitrogens with zero attached hydrogens (tertiary/aromatic N) is 4. The fourth-order valence-corrected chi connectivity index (χ4v) is 3.91. The van der Waals surface area contributed by atoms with Crippen LogP contribution in [0.15, 0.2) is 52.9 Å². The number of hydrogen-bond acceptors (Lipinski definition) is 6. The minimum Gasteiger partial charge on any atom is -0.419 e. The monoisotopic (exact) mass is 473 g/mol. The number of amides is 1. The number of rotatable bonds is 6. The van der Waals surface area contributed by atoms with Gasteiger partial charge in [0.2, 0.25) is 17.7 Å². The van der Waals surface area contributed by atoms with Gasteiger partial charge >= 0.3 is 6.18 Å². The van der Waals surface area contributed by atoms with Crippen molar-refractivity contribution in [2.24, 2.45) is 0 Å². The SMILES string of the molecule is Cc1ccc(-c2nnc([C@H](C)N3CCN(CC(=O)Nc4ccccc4C(F)(F)F)CC3)o2)cc1. The second-order valence-electron chi connectivity index (χ2n) is 8.39. The van der Waals surface area contributed by atoms with E-state index in [9.17, 15) is 18.0 Å². The summed E-state index contributed by atoms with van der Waals surface area (Å²) in [6, 6.07) is 12.7. The Morgan fingerprint density at radius 2 is 1.74 bits per heavy atom. The maximum atomic E-state index is 13.1. The number of carbonyl (C=O) groups excluding carboxylic acids is 1. The third kappa shape index (κ3) is 5.63. The predicted octanol–water partition coefficient (Wildman–Crippen LogP) is 4.38. The minimum absolute atomic E-state index is 0.0204. The summed E-state index contributed by atoms with van der Waals surface area (Å²) in [7, 11) is 0. The average Bonchev–Trinajstić information content (AvgIpc) is 3.29. The first-order valence-corrected chi connectivity index (χ1v) is 11.0. The van der Waals surface area contributed by atoms with E-state index in [0.29, 0.717) is 38.0 Å². The molecule has 2 aromatic carbocycles. The van der Waals surface area contributed by atoms with E-state index in [2.05, 4.69) is 20.4 Å². The molecule has 0 spiro atoms. The van der Waals surface area contributed by atoms with Gasteiger partial charge in [-0.05, 0) is 38.1 Å². The normalized spacial score (nSPS) is 16.4. The van der Waals surface area contributed by atoms with Crippen LogP contribution >= 0.6 is 0 Å². The van der Waals surface area contributed by atoms with Gasteiger partial charge in [0.15, 0.2) is 0 Å². The lowest BCUT2D eigenvalue weighted by Gasteiger charge is -2.36. The minimum atomic E-state index is -4.53. The Kier molecular flexibility index (Phi) is 6.99. The molecule has 0 saturated carbocycles. The summed E-state index contributed by atoms with van der Waals surface area (Å²) in [5.41, 5.74) is 0.923. The molecule has 3 aromatic rings. The van der Waals surface area contributed by atoms with Gasteiger partial charge in [0.05, 0.1) is 23.8 Å². The van der Waals surface area contributed by atoms with Crippen LogP contribution in [0.1, 0.15) is 30.0 Å². The second kappa shape index (κ2) is 9.94. The van der Waals surface area contributed by atoms with Crippen LogP contribution in [0.3, 0.4) is 0 Å². The van der Waals surface area contributed by atoms with Gasteiger partial charge in [-0.3, -0.25) is 14.6 Å². The van der Waals surface area contributed by atoms with Crippen LogP contribution in [0.25, 0.3) is 11.5 Å². The van der Waals surface area contributed by atoms with Crippen molar-refractivity contribution in [1.82, 2.24) is 20.0 Å². The number of piperazine rings is 1. The Morgan fingerprint density at radius 1 is 1.06 bits per heavy atom. The van der Waals surface area contributed by atoms with Crippen molar-refractivity contribution in [2.75, 3.05) is 38.0 Å². The topological polar surface area (TPSA) is 74.5 Å². The number of anilines is 1. The summed E-state index contributed by atoms with van der Waals surface area (Å²) >= 11 is 0. The smallest absolute Gasteiger partial charge is 0.418 e. The number of aryl methyl sites for hydroxylation is 1. The van der Waals surface area contributed by atoms with E-state index < -0.39 is 17.6 Å². The van der Waals surface area contributed by atoms with Gasteiger partial charge in [0.1, 0.15) is 0 Å². The van der Waals surface area contributed by atoms with Gasteiger partial charge in [-0.2, -0.15) is 13.2 Å². The highest BCUT2D eigenvalue weighted by Crippen LogP contribution is 2.34. The highest BCUT2D eigenvalue weighted by Gasteiger charge is 2.34. The van der Waals surface area contributed by atoms with Crippen LogP contribution in [-0.4, -0.2) is 58.6 Å². The summed E-state index contributed by atoms with van der Waals surface area (Å²) in [4.78, 5) is 16.5. The van der Waals surface area contributed by atoms with Crippen molar-refractivity contribution in [3.63, 3.8) is 0 Å². The van der Waals surface area contributed by atoms with Gasteiger partial charge in [-0.25, -0.2) is 0 Å². The van der Waals surface area contributed by atoms with Gasteiger partial charge in [-0.15, -0.1) is 10.2 Å². The van der Waals surface area contributed by atoms with Crippen molar-refractivity contribution in [3.05, 3.63) is 65.5 Å². The molecular formula is C24H26F3N5O2. The van der Waals surface area contributed by atoms with Gasteiger partial charge in [0.25, 0.3) is 0 Å². The summed E-state index contributed by atoms with van der Waals surface area (Å²) in [6.07, 6.45) is -4.53. The van der Waals surface area contributed by atoms with Crippen LogP contribution in [-0.2, 0) is 11.0 Å². The second-order valence-corrected chi connectivity index (χ2v) is 8.39. The molecule has 4 rings (SSSR count). The molecule has 2 heterocycles. The molecule has 180 valence electrons. The molecule has 1 aliphatic rings. The molecule has 1 aliphatic heterocycles. The summed E-state index contributed by atoms with van der Waals surface area (Å²) < 4.78 is 45.3. The number of carbonyl (C=O) groups is 1. The zero-order valence-corrected chi connectivity index (χ0v) is 19.0. The Morgan fingerprint density at radius 3 is 2.41 bits per heavy atom. The Labute approximate surface area is 195 Å². The lowest BCUT2D eigenvalue weighted by molar-refractivity contribution is -0.137. The molecule has 1 aromatic heterocycles. The standard InChI is InChI=1S/C24H26F3N5O2/c1-16-7-9-18(10-8-16)23-30-29-22(34-23)17(2)32-13-11-31(12-14-32)15-21(33)28-20-6-4-3-5-19(20)24(25,26)27/h3-10,17H,11-15H2,1-2H3,(H,28,33)/t17-/m0/s1. The molecule has 0 aliphatic carbocycles. The van der Waals surface area contributed by atoms with Crippen molar-refractivity contribution >= 4 is 11.6 Å². The van der Waals surface area contributed by atoms with Crippen molar-refractivity contribution in [1.29, 1.82) is 0 Å². The fraction of sp³-hybridized carbons (Fsp3) is 0.375. The molecule has 1 atom stereocenters. The maximum Gasteiger partial charge on any atom is 0.418 e. The number of halogens is 3. The molecule has 7 nitrogen and oxygen atoms in total. The third-order valence-electron chi connectivity index (χ3n) is 5.92. The van der Waals surface area contributed by atoms with E-state index in [0.717, 1.165) is 17.2 Å². The number of aromatic nitrogens is 2. The number of para-hydroxylation sites is 1. The quantitative estimate of drug-likeness (QED) is 0.573. The van der Waals surface area contributed by atoms with Crippen LogP contribution in [0.5, 0.6) is 0 Å². The first-order chi connectivity index (χ1) is 16.2. The van der Waals surface area contributed by atoms with E-state index >= 15 is 0 Å². The van der Waals surface area contributed by atoms with Crippen molar-refractivity contribution in [2.45, 2.75) is 26.1 Å². The van der Waals surface area contributed by atoms with Crippen LogP contribution in [0.2, 0.25) is 0 Å². The molecular weight excluding hydrogens is 447 g/mol. The summed E-state index contributed by atoms with van der Waals surface area (Å²) in [5, 5.41) is 10.8.